The summed E-state index contributed by atoms with van der Waals surface area (Å²) in [6.45, 7) is 3.96. The first-order valence-corrected chi connectivity index (χ1v) is 8.09. The molecule has 2 aromatic carbocycles. The Morgan fingerprint density at radius 1 is 0.947 bits per heavy atom. The van der Waals surface area contributed by atoms with Gasteiger partial charge in [0.05, 0.1) is 0 Å². The van der Waals surface area contributed by atoms with Crippen LogP contribution in [-0.2, 0) is 4.57 Å². The molecule has 98 valence electrons. The summed E-state index contributed by atoms with van der Waals surface area (Å²) in [6.07, 6.45) is 0.809. The van der Waals surface area contributed by atoms with Gasteiger partial charge >= 0.3 is 0 Å². The van der Waals surface area contributed by atoms with Crippen LogP contribution in [0.2, 0.25) is 0 Å². The molecule has 0 aliphatic heterocycles. The lowest BCUT2D eigenvalue weighted by Crippen LogP contribution is -2.15. The van der Waals surface area contributed by atoms with Gasteiger partial charge in [-0.15, -0.1) is 0 Å². The molecule has 0 saturated heterocycles. The Hall–Kier alpha value is -1.66. The monoisotopic (exact) mass is 271 g/mol. The van der Waals surface area contributed by atoms with Crippen LogP contribution in [0.4, 0.5) is 0 Å². The van der Waals surface area contributed by atoms with Crippen LogP contribution < -0.4 is 10.6 Å². The van der Waals surface area contributed by atoms with E-state index in [2.05, 4.69) is 4.76 Å². The molecule has 0 bridgehead atoms. The smallest absolute Gasteiger partial charge is 0.247 e. The first-order chi connectivity index (χ1) is 9.16. The topological polar surface area (TPSA) is 29.4 Å². The molecule has 2 nitrogen and oxygen atoms in total. The van der Waals surface area contributed by atoms with Crippen molar-refractivity contribution in [3.8, 4) is 0 Å². The molecular formula is C16H18NOP. The minimum Gasteiger partial charge on any atom is -0.288 e. The van der Waals surface area contributed by atoms with Crippen LogP contribution in [-0.4, -0.2) is 5.71 Å². The minimum absolute atomic E-state index is 0.786. The molecule has 0 aliphatic rings. The van der Waals surface area contributed by atoms with E-state index in [1.807, 2.05) is 74.5 Å². The average molecular weight is 271 g/mol. The van der Waals surface area contributed by atoms with Crippen molar-refractivity contribution in [2.75, 3.05) is 0 Å². The highest BCUT2D eigenvalue weighted by atomic mass is 31.2. The van der Waals surface area contributed by atoms with E-state index in [4.69, 9.17) is 0 Å². The summed E-state index contributed by atoms with van der Waals surface area (Å²) >= 11 is 0. The Morgan fingerprint density at radius 2 is 1.37 bits per heavy atom. The van der Waals surface area contributed by atoms with Gasteiger partial charge in [-0.2, -0.15) is 0 Å². The van der Waals surface area contributed by atoms with Crippen molar-refractivity contribution in [2.45, 2.75) is 20.3 Å². The van der Waals surface area contributed by atoms with Crippen LogP contribution in [0.3, 0.4) is 0 Å². The summed E-state index contributed by atoms with van der Waals surface area (Å²) in [5.74, 6) is 0. The molecule has 0 aliphatic carbocycles. The summed E-state index contributed by atoms with van der Waals surface area (Å²) in [4.78, 5) is 0. The SMILES string of the molecule is CCC(C)=NP(=O)(c1ccccc1)c1ccccc1. The zero-order valence-corrected chi connectivity index (χ0v) is 12.2. The maximum absolute atomic E-state index is 13.4. The minimum atomic E-state index is -2.91. The molecule has 0 atom stereocenters. The Labute approximate surface area is 114 Å². The van der Waals surface area contributed by atoms with Gasteiger partial charge in [-0.25, -0.2) is 4.76 Å². The van der Waals surface area contributed by atoms with Crippen molar-refractivity contribution < 1.29 is 4.57 Å². The Bertz CT molecular complexity index is 562. The normalized spacial score (nSPS) is 12.4. The molecule has 0 radical (unpaired) electrons. The molecule has 3 heteroatoms. The van der Waals surface area contributed by atoms with Crippen molar-refractivity contribution in [2.24, 2.45) is 4.76 Å². The number of nitrogens with zero attached hydrogens (tertiary/aromatic N) is 1. The fraction of sp³-hybridized carbons (Fsp3) is 0.188. The average Bonchev–Trinajstić information content (AvgIpc) is 2.48. The van der Waals surface area contributed by atoms with Gasteiger partial charge in [-0.1, -0.05) is 43.3 Å². The van der Waals surface area contributed by atoms with Gasteiger partial charge in [-0.05, 0) is 37.6 Å². The van der Waals surface area contributed by atoms with E-state index in [9.17, 15) is 4.57 Å². The highest BCUT2D eigenvalue weighted by Gasteiger charge is 2.26. The molecule has 2 rings (SSSR count). The lowest BCUT2D eigenvalue weighted by atomic mass is 10.3. The van der Waals surface area contributed by atoms with E-state index in [0.717, 1.165) is 22.7 Å². The predicted octanol–water partition coefficient (Wildman–Crippen LogP) is 3.79. The standard InChI is InChI=1S/C16H18NOP/c1-3-14(2)17-19(18,15-10-6-4-7-11-15)16-12-8-5-9-13-16/h4-13H,3H2,1-2H3. The second-order valence-electron chi connectivity index (χ2n) is 4.44. The van der Waals surface area contributed by atoms with Crippen LogP contribution in [0.15, 0.2) is 65.4 Å². The molecule has 0 fully saturated rings. The quantitative estimate of drug-likeness (QED) is 0.614. The highest BCUT2D eigenvalue weighted by Crippen LogP contribution is 2.45. The Morgan fingerprint density at radius 3 is 1.74 bits per heavy atom. The largest absolute Gasteiger partial charge is 0.288 e. The van der Waals surface area contributed by atoms with Gasteiger partial charge in [0.25, 0.3) is 0 Å². The van der Waals surface area contributed by atoms with E-state index in [-0.39, 0.29) is 0 Å². The molecule has 0 unspecified atom stereocenters. The number of benzene rings is 2. The van der Waals surface area contributed by atoms with Crippen molar-refractivity contribution in [1.29, 1.82) is 0 Å². The number of rotatable bonds is 4. The van der Waals surface area contributed by atoms with Crippen LogP contribution in [0.25, 0.3) is 0 Å². The second kappa shape index (κ2) is 5.99. The fourth-order valence-electron chi connectivity index (χ4n) is 1.84. The first kappa shape index (κ1) is 13.8. The summed E-state index contributed by atoms with van der Waals surface area (Å²) in [5.41, 5.74) is 0.913. The van der Waals surface area contributed by atoms with Crippen LogP contribution in [0, 0.1) is 0 Å². The molecule has 19 heavy (non-hydrogen) atoms. The summed E-state index contributed by atoms with van der Waals surface area (Å²) < 4.78 is 17.9. The zero-order chi connectivity index (χ0) is 13.7. The molecule has 0 aromatic heterocycles. The third-order valence-electron chi connectivity index (χ3n) is 3.04. The van der Waals surface area contributed by atoms with Crippen molar-refractivity contribution in [3.05, 3.63) is 60.7 Å². The number of hydrogen-bond donors (Lipinski definition) is 0. The summed E-state index contributed by atoms with van der Waals surface area (Å²) in [5, 5.41) is 1.57. The maximum atomic E-state index is 13.4. The lowest BCUT2D eigenvalue weighted by Gasteiger charge is -2.15. The molecule has 0 amide bonds. The van der Waals surface area contributed by atoms with Crippen molar-refractivity contribution in [1.82, 2.24) is 0 Å². The third-order valence-corrected chi connectivity index (χ3v) is 5.65. The van der Waals surface area contributed by atoms with Crippen LogP contribution in [0.1, 0.15) is 20.3 Å². The van der Waals surface area contributed by atoms with Crippen LogP contribution in [0.5, 0.6) is 0 Å². The van der Waals surface area contributed by atoms with Gasteiger partial charge in [0.15, 0.2) is 0 Å². The van der Waals surface area contributed by atoms with Gasteiger partial charge in [0.2, 0.25) is 7.29 Å². The third kappa shape index (κ3) is 3.02. The molecule has 0 spiro atoms. The molecule has 2 aromatic rings. The van der Waals surface area contributed by atoms with E-state index < -0.39 is 7.29 Å². The van der Waals surface area contributed by atoms with Gasteiger partial charge in [0.1, 0.15) is 0 Å². The van der Waals surface area contributed by atoms with Gasteiger partial charge < -0.3 is 0 Å². The van der Waals surface area contributed by atoms with E-state index >= 15 is 0 Å². The van der Waals surface area contributed by atoms with E-state index in [0.29, 0.717) is 0 Å². The van der Waals surface area contributed by atoms with Crippen molar-refractivity contribution in [3.63, 3.8) is 0 Å². The number of hydrogen-bond acceptors (Lipinski definition) is 1. The second-order valence-corrected chi connectivity index (χ2v) is 6.82. The zero-order valence-electron chi connectivity index (χ0n) is 11.3. The molecule has 0 heterocycles. The highest BCUT2D eigenvalue weighted by molar-refractivity contribution is 7.77. The fourth-order valence-corrected chi connectivity index (χ4v) is 4.14. The summed E-state index contributed by atoms with van der Waals surface area (Å²) in [7, 11) is -2.91. The first-order valence-electron chi connectivity index (χ1n) is 6.44. The Kier molecular flexibility index (Phi) is 4.34. The van der Waals surface area contributed by atoms with Crippen LogP contribution >= 0.6 is 7.29 Å². The molecule has 0 saturated carbocycles. The van der Waals surface area contributed by atoms with Crippen molar-refractivity contribution >= 4 is 23.6 Å². The van der Waals surface area contributed by atoms with Gasteiger partial charge in [-0.3, -0.25) is 4.57 Å². The lowest BCUT2D eigenvalue weighted by molar-refractivity contribution is 0.588. The van der Waals surface area contributed by atoms with Gasteiger partial charge in [0, 0.05) is 16.3 Å². The summed E-state index contributed by atoms with van der Waals surface area (Å²) in [6, 6.07) is 19.0. The molecular weight excluding hydrogens is 253 g/mol. The predicted molar refractivity (Wildman–Crippen MR) is 83.2 cm³/mol. The van der Waals surface area contributed by atoms with E-state index in [1.165, 1.54) is 0 Å². The maximum Gasteiger partial charge on any atom is 0.247 e. The van der Waals surface area contributed by atoms with E-state index in [1.54, 1.807) is 0 Å². The Balaban J connectivity index is 2.61. The molecule has 0 N–H and O–H groups in total.